The zero-order valence-electron chi connectivity index (χ0n) is 19.8. The minimum atomic E-state index is -0.694. The molecule has 178 valence electrons. The highest BCUT2D eigenvalue weighted by Crippen LogP contribution is 2.19. The highest BCUT2D eigenvalue weighted by atomic mass is 35.5. The van der Waals surface area contributed by atoms with Crippen molar-refractivity contribution in [3.05, 3.63) is 101 Å². The number of halogens is 1. The second kappa shape index (κ2) is 12.2. The second-order valence-corrected chi connectivity index (χ2v) is 9.06. The molecule has 0 aromatic heterocycles. The average Bonchev–Trinajstić information content (AvgIpc) is 2.80. The molecule has 1 N–H and O–H groups in total. The summed E-state index contributed by atoms with van der Waals surface area (Å²) in [5, 5.41) is 3.51. The molecular weight excluding hydrogens is 448 g/mol. The number of nitrogens with one attached hydrogen (secondary N) is 1. The maximum absolute atomic E-state index is 13.5. The number of hydrogen-bond acceptors (Lipinski definition) is 3. The van der Waals surface area contributed by atoms with E-state index in [1.807, 2.05) is 75.4 Å². The molecule has 0 spiro atoms. The number of rotatable bonds is 10. The molecule has 0 aliphatic heterocycles. The minimum absolute atomic E-state index is 0.0515. The Morgan fingerprint density at radius 1 is 0.941 bits per heavy atom. The molecule has 3 aromatic rings. The number of hydrogen-bond donors (Lipinski definition) is 1. The molecule has 0 saturated carbocycles. The Labute approximate surface area is 206 Å². The van der Waals surface area contributed by atoms with Gasteiger partial charge in [0, 0.05) is 24.0 Å². The van der Waals surface area contributed by atoms with Gasteiger partial charge in [-0.15, -0.1) is 0 Å². The normalized spacial score (nSPS) is 11.7. The summed E-state index contributed by atoms with van der Waals surface area (Å²) >= 11 is 6.05. The third kappa shape index (κ3) is 7.63. The number of ether oxygens (including phenoxy) is 1. The van der Waals surface area contributed by atoms with Gasteiger partial charge >= 0.3 is 0 Å². The lowest BCUT2D eigenvalue weighted by molar-refractivity contribution is -0.143. The van der Waals surface area contributed by atoms with Crippen molar-refractivity contribution in [3.63, 3.8) is 0 Å². The fourth-order valence-corrected chi connectivity index (χ4v) is 3.91. The van der Waals surface area contributed by atoms with E-state index in [0.717, 1.165) is 16.7 Å². The summed E-state index contributed by atoms with van der Waals surface area (Å²) in [4.78, 5) is 28.4. The van der Waals surface area contributed by atoms with Crippen LogP contribution < -0.4 is 10.1 Å². The summed E-state index contributed by atoms with van der Waals surface area (Å²) in [5.41, 5.74) is 3.02. The number of benzene rings is 3. The molecule has 34 heavy (non-hydrogen) atoms. The average molecular weight is 479 g/mol. The minimum Gasteiger partial charge on any atom is -0.484 e. The fraction of sp³-hybridized carbons (Fsp3) is 0.286. The summed E-state index contributed by atoms with van der Waals surface area (Å²) in [7, 11) is 0. The number of carbonyl (C=O) groups excluding carboxylic acids is 2. The zero-order valence-corrected chi connectivity index (χ0v) is 20.6. The fourth-order valence-electron chi connectivity index (χ4n) is 3.73. The lowest BCUT2D eigenvalue weighted by Gasteiger charge is -2.32. The van der Waals surface area contributed by atoms with Gasteiger partial charge in [0.05, 0.1) is 0 Å². The molecule has 0 fully saturated rings. The third-order valence-electron chi connectivity index (χ3n) is 5.30. The van der Waals surface area contributed by atoms with Gasteiger partial charge in [-0.2, -0.15) is 0 Å². The Hall–Kier alpha value is -3.31. The quantitative estimate of drug-likeness (QED) is 0.436. The molecule has 1 atom stereocenters. The maximum Gasteiger partial charge on any atom is 0.261 e. The number of amides is 2. The summed E-state index contributed by atoms with van der Waals surface area (Å²) < 4.78 is 5.74. The van der Waals surface area contributed by atoms with Gasteiger partial charge in [0.25, 0.3) is 5.91 Å². The molecule has 0 unspecified atom stereocenters. The van der Waals surface area contributed by atoms with Crippen LogP contribution >= 0.6 is 11.6 Å². The first-order valence-electron chi connectivity index (χ1n) is 11.4. The Bertz CT molecular complexity index is 1100. The summed E-state index contributed by atoms with van der Waals surface area (Å²) in [6.45, 7) is 5.92. The van der Waals surface area contributed by atoms with Crippen molar-refractivity contribution >= 4 is 23.4 Å². The van der Waals surface area contributed by atoms with E-state index < -0.39 is 6.04 Å². The first-order valence-corrected chi connectivity index (χ1v) is 11.8. The monoisotopic (exact) mass is 478 g/mol. The van der Waals surface area contributed by atoms with Crippen molar-refractivity contribution in [2.45, 2.75) is 45.8 Å². The first-order chi connectivity index (χ1) is 16.3. The maximum atomic E-state index is 13.5. The topological polar surface area (TPSA) is 58.6 Å². The highest BCUT2D eigenvalue weighted by molar-refractivity contribution is 6.30. The van der Waals surface area contributed by atoms with Crippen molar-refractivity contribution in [1.29, 1.82) is 0 Å². The van der Waals surface area contributed by atoms with E-state index in [0.29, 0.717) is 23.7 Å². The molecular formula is C28H31ClN2O3. The predicted octanol–water partition coefficient (Wildman–Crippen LogP) is 5.19. The Kier molecular flexibility index (Phi) is 9.11. The van der Waals surface area contributed by atoms with Crippen LogP contribution in [0.3, 0.4) is 0 Å². The van der Waals surface area contributed by atoms with Crippen LogP contribution in [0.25, 0.3) is 0 Å². The van der Waals surface area contributed by atoms with Crippen molar-refractivity contribution in [2.75, 3.05) is 6.61 Å². The molecule has 0 aliphatic carbocycles. The van der Waals surface area contributed by atoms with E-state index in [1.165, 1.54) is 0 Å². The number of aryl methyl sites for hydroxylation is 1. The van der Waals surface area contributed by atoms with E-state index in [1.54, 1.807) is 29.2 Å². The molecule has 0 radical (unpaired) electrons. The van der Waals surface area contributed by atoms with Crippen LogP contribution in [-0.2, 0) is 22.6 Å². The van der Waals surface area contributed by atoms with E-state index in [2.05, 4.69) is 5.32 Å². The van der Waals surface area contributed by atoms with Crippen molar-refractivity contribution in [2.24, 2.45) is 0 Å². The van der Waals surface area contributed by atoms with Gasteiger partial charge in [-0.3, -0.25) is 9.59 Å². The van der Waals surface area contributed by atoms with Crippen LogP contribution in [0.1, 0.15) is 30.5 Å². The Morgan fingerprint density at radius 3 is 2.32 bits per heavy atom. The highest BCUT2D eigenvalue weighted by Gasteiger charge is 2.31. The Morgan fingerprint density at radius 2 is 1.65 bits per heavy atom. The molecule has 3 aromatic carbocycles. The number of nitrogens with zero attached hydrogens (tertiary/aromatic N) is 1. The van der Waals surface area contributed by atoms with Crippen LogP contribution in [0.15, 0.2) is 78.9 Å². The van der Waals surface area contributed by atoms with Crippen LogP contribution in [0.2, 0.25) is 5.02 Å². The van der Waals surface area contributed by atoms with E-state index >= 15 is 0 Å². The van der Waals surface area contributed by atoms with Gasteiger partial charge in [0.1, 0.15) is 11.8 Å². The van der Waals surface area contributed by atoms with E-state index in [4.69, 9.17) is 16.3 Å². The van der Waals surface area contributed by atoms with E-state index in [-0.39, 0.29) is 24.5 Å². The van der Waals surface area contributed by atoms with Gasteiger partial charge < -0.3 is 15.0 Å². The van der Waals surface area contributed by atoms with Gasteiger partial charge in [0.15, 0.2) is 6.61 Å². The molecule has 0 heterocycles. The molecule has 0 aliphatic rings. The third-order valence-corrected chi connectivity index (χ3v) is 5.53. The smallest absolute Gasteiger partial charge is 0.261 e. The molecule has 2 amide bonds. The summed E-state index contributed by atoms with van der Waals surface area (Å²) in [6, 6.07) is 23.8. The summed E-state index contributed by atoms with van der Waals surface area (Å²) in [6.07, 6.45) is 0.397. The van der Waals surface area contributed by atoms with Gasteiger partial charge in [-0.05, 0) is 50.1 Å². The van der Waals surface area contributed by atoms with Crippen molar-refractivity contribution < 1.29 is 14.3 Å². The van der Waals surface area contributed by atoms with Crippen LogP contribution in [0.4, 0.5) is 0 Å². The molecule has 3 rings (SSSR count). The standard InChI is InChI=1S/C28H31ClN2O3/c1-20(2)30-28(33)26(16-22-10-5-4-6-11-22)31(18-23-12-7-9-21(3)15-23)27(32)19-34-25-14-8-13-24(29)17-25/h4-15,17,20,26H,16,18-19H2,1-3H3,(H,30,33)/t26-/m0/s1. The first kappa shape index (κ1) is 25.3. The SMILES string of the molecule is Cc1cccc(CN(C(=O)COc2cccc(Cl)c2)[C@@H](Cc2ccccc2)C(=O)NC(C)C)c1. The molecule has 0 bridgehead atoms. The lowest BCUT2D eigenvalue weighted by Crippen LogP contribution is -2.52. The lowest BCUT2D eigenvalue weighted by atomic mass is 10.0. The molecule has 0 saturated heterocycles. The zero-order chi connectivity index (χ0) is 24.5. The Balaban J connectivity index is 1.91. The molecule has 5 nitrogen and oxygen atoms in total. The van der Waals surface area contributed by atoms with Gasteiger partial charge in [-0.25, -0.2) is 0 Å². The summed E-state index contributed by atoms with van der Waals surface area (Å²) in [5.74, 6) is 0.0338. The van der Waals surface area contributed by atoms with Crippen LogP contribution in [-0.4, -0.2) is 35.4 Å². The van der Waals surface area contributed by atoms with Gasteiger partial charge in [0.2, 0.25) is 5.91 Å². The number of carbonyl (C=O) groups is 2. The second-order valence-electron chi connectivity index (χ2n) is 8.63. The van der Waals surface area contributed by atoms with Crippen LogP contribution in [0.5, 0.6) is 5.75 Å². The van der Waals surface area contributed by atoms with E-state index in [9.17, 15) is 9.59 Å². The predicted molar refractivity (Wildman–Crippen MR) is 136 cm³/mol. The van der Waals surface area contributed by atoms with Crippen LogP contribution in [0, 0.1) is 6.92 Å². The largest absolute Gasteiger partial charge is 0.484 e. The molecule has 6 heteroatoms. The van der Waals surface area contributed by atoms with Gasteiger partial charge in [-0.1, -0.05) is 77.8 Å². The van der Waals surface area contributed by atoms with Crippen molar-refractivity contribution in [1.82, 2.24) is 10.2 Å². The van der Waals surface area contributed by atoms with Crippen molar-refractivity contribution in [3.8, 4) is 5.75 Å².